The summed E-state index contributed by atoms with van der Waals surface area (Å²) >= 11 is 0. The lowest BCUT2D eigenvalue weighted by atomic mass is 10.0. The van der Waals surface area contributed by atoms with Crippen molar-refractivity contribution in [3.63, 3.8) is 0 Å². The van der Waals surface area contributed by atoms with E-state index in [2.05, 4.69) is 17.4 Å². The van der Waals surface area contributed by atoms with Gasteiger partial charge in [-0.05, 0) is 43.1 Å². The SMILES string of the molecule is O=C(NC(CCCO)c1ccccc1)C1C2CCCCC21. The van der Waals surface area contributed by atoms with Crippen molar-refractivity contribution in [2.24, 2.45) is 17.8 Å². The van der Waals surface area contributed by atoms with Crippen LogP contribution in [-0.2, 0) is 4.79 Å². The van der Waals surface area contributed by atoms with Crippen LogP contribution in [0.5, 0.6) is 0 Å². The Morgan fingerprint density at radius 2 is 1.86 bits per heavy atom. The van der Waals surface area contributed by atoms with Crippen molar-refractivity contribution in [3.05, 3.63) is 35.9 Å². The van der Waals surface area contributed by atoms with E-state index in [0.717, 1.165) is 18.4 Å². The summed E-state index contributed by atoms with van der Waals surface area (Å²) in [6.45, 7) is 0.174. The molecule has 0 saturated heterocycles. The molecule has 3 nitrogen and oxygen atoms in total. The van der Waals surface area contributed by atoms with Crippen molar-refractivity contribution in [3.8, 4) is 0 Å². The highest BCUT2D eigenvalue weighted by Crippen LogP contribution is 2.55. The summed E-state index contributed by atoms with van der Waals surface area (Å²) in [5.41, 5.74) is 1.14. The molecule has 0 aliphatic heterocycles. The second kappa shape index (κ2) is 6.61. The van der Waals surface area contributed by atoms with Gasteiger partial charge in [-0.3, -0.25) is 4.79 Å². The quantitative estimate of drug-likeness (QED) is 0.845. The number of fused-ring (bicyclic) bond motifs is 1. The minimum Gasteiger partial charge on any atom is -0.396 e. The fourth-order valence-electron chi connectivity index (χ4n) is 3.95. The van der Waals surface area contributed by atoms with Crippen LogP contribution in [0.15, 0.2) is 30.3 Å². The molecule has 3 rings (SSSR count). The molecule has 0 spiro atoms. The fraction of sp³-hybridized carbons (Fsp3) is 0.611. The molecule has 1 aromatic rings. The van der Waals surface area contributed by atoms with Crippen molar-refractivity contribution < 1.29 is 9.90 Å². The van der Waals surface area contributed by atoms with Crippen LogP contribution in [0.25, 0.3) is 0 Å². The smallest absolute Gasteiger partial charge is 0.224 e. The van der Waals surface area contributed by atoms with Crippen LogP contribution in [0.1, 0.15) is 50.1 Å². The van der Waals surface area contributed by atoms with E-state index in [1.807, 2.05) is 18.2 Å². The molecule has 21 heavy (non-hydrogen) atoms. The number of nitrogens with one attached hydrogen (secondary N) is 1. The number of hydrogen-bond donors (Lipinski definition) is 2. The van der Waals surface area contributed by atoms with E-state index in [-0.39, 0.29) is 24.5 Å². The Hall–Kier alpha value is -1.35. The molecule has 0 bridgehead atoms. The molecule has 1 aromatic carbocycles. The highest BCUT2D eigenvalue weighted by Gasteiger charge is 2.54. The van der Waals surface area contributed by atoms with Gasteiger partial charge >= 0.3 is 0 Å². The summed E-state index contributed by atoms with van der Waals surface area (Å²) in [5.74, 6) is 1.78. The van der Waals surface area contributed by atoms with Gasteiger partial charge in [-0.1, -0.05) is 43.2 Å². The Bertz CT molecular complexity index is 461. The molecule has 2 saturated carbocycles. The van der Waals surface area contributed by atoms with Gasteiger partial charge in [0, 0.05) is 12.5 Å². The Morgan fingerprint density at radius 3 is 2.48 bits per heavy atom. The van der Waals surface area contributed by atoms with Crippen molar-refractivity contribution in [1.29, 1.82) is 0 Å². The van der Waals surface area contributed by atoms with Gasteiger partial charge in [-0.15, -0.1) is 0 Å². The first-order valence-electron chi connectivity index (χ1n) is 8.27. The molecule has 0 aromatic heterocycles. The zero-order chi connectivity index (χ0) is 14.7. The molecule has 3 heteroatoms. The number of carbonyl (C=O) groups excluding carboxylic acids is 1. The molecule has 2 aliphatic carbocycles. The largest absolute Gasteiger partial charge is 0.396 e. The van der Waals surface area contributed by atoms with Crippen LogP contribution in [0.3, 0.4) is 0 Å². The highest BCUT2D eigenvalue weighted by atomic mass is 16.3. The lowest BCUT2D eigenvalue weighted by molar-refractivity contribution is -0.123. The van der Waals surface area contributed by atoms with Gasteiger partial charge in [0.25, 0.3) is 0 Å². The van der Waals surface area contributed by atoms with Crippen LogP contribution in [-0.4, -0.2) is 17.6 Å². The topological polar surface area (TPSA) is 49.3 Å². The molecule has 3 atom stereocenters. The minimum atomic E-state index is 0.0357. The van der Waals surface area contributed by atoms with E-state index < -0.39 is 0 Å². The van der Waals surface area contributed by atoms with Crippen molar-refractivity contribution in [2.75, 3.05) is 6.61 Å². The van der Waals surface area contributed by atoms with E-state index in [4.69, 9.17) is 5.11 Å². The predicted molar refractivity (Wildman–Crippen MR) is 82.6 cm³/mol. The molecule has 3 unspecified atom stereocenters. The maximum Gasteiger partial charge on any atom is 0.224 e. The minimum absolute atomic E-state index is 0.0357. The van der Waals surface area contributed by atoms with E-state index in [1.54, 1.807) is 0 Å². The molecule has 2 N–H and O–H groups in total. The highest BCUT2D eigenvalue weighted by molar-refractivity contribution is 5.82. The molecular weight excluding hydrogens is 262 g/mol. The zero-order valence-corrected chi connectivity index (χ0v) is 12.5. The second-order valence-electron chi connectivity index (χ2n) is 6.48. The van der Waals surface area contributed by atoms with Crippen LogP contribution in [0.4, 0.5) is 0 Å². The summed E-state index contributed by atoms with van der Waals surface area (Å²) in [7, 11) is 0. The molecule has 0 heterocycles. The molecule has 0 radical (unpaired) electrons. The number of aliphatic hydroxyl groups excluding tert-OH is 1. The van der Waals surface area contributed by atoms with Crippen molar-refractivity contribution in [2.45, 2.75) is 44.6 Å². The van der Waals surface area contributed by atoms with Gasteiger partial charge in [0.2, 0.25) is 5.91 Å². The fourth-order valence-corrected chi connectivity index (χ4v) is 3.95. The normalized spacial score (nSPS) is 28.5. The van der Waals surface area contributed by atoms with E-state index in [9.17, 15) is 4.79 Å². The Morgan fingerprint density at radius 1 is 1.19 bits per heavy atom. The van der Waals surface area contributed by atoms with E-state index in [0.29, 0.717) is 11.8 Å². The number of rotatable bonds is 6. The Balaban J connectivity index is 1.63. The van der Waals surface area contributed by atoms with Gasteiger partial charge in [-0.25, -0.2) is 0 Å². The van der Waals surface area contributed by atoms with Crippen LogP contribution in [0.2, 0.25) is 0 Å². The lowest BCUT2D eigenvalue weighted by Crippen LogP contribution is -2.30. The third kappa shape index (κ3) is 3.29. The maximum absolute atomic E-state index is 12.5. The third-order valence-electron chi connectivity index (χ3n) is 5.13. The number of aliphatic hydroxyl groups is 1. The third-order valence-corrected chi connectivity index (χ3v) is 5.13. The van der Waals surface area contributed by atoms with E-state index >= 15 is 0 Å². The Kier molecular flexibility index (Phi) is 4.59. The maximum atomic E-state index is 12.5. The summed E-state index contributed by atoms with van der Waals surface area (Å²) in [6, 6.07) is 10.1. The van der Waals surface area contributed by atoms with Crippen molar-refractivity contribution in [1.82, 2.24) is 5.32 Å². The van der Waals surface area contributed by atoms with Gasteiger partial charge in [-0.2, -0.15) is 0 Å². The molecule has 1 amide bonds. The van der Waals surface area contributed by atoms with Crippen molar-refractivity contribution >= 4 is 5.91 Å². The Labute approximate surface area is 126 Å². The van der Waals surface area contributed by atoms with Gasteiger partial charge in [0.1, 0.15) is 0 Å². The summed E-state index contributed by atoms with van der Waals surface area (Å²) in [4.78, 5) is 12.5. The average Bonchev–Trinajstić information content (AvgIpc) is 3.26. The average molecular weight is 287 g/mol. The molecule has 2 fully saturated rings. The lowest BCUT2D eigenvalue weighted by Gasteiger charge is -2.19. The summed E-state index contributed by atoms with van der Waals surface area (Å²) < 4.78 is 0. The zero-order valence-electron chi connectivity index (χ0n) is 12.5. The van der Waals surface area contributed by atoms with Crippen LogP contribution < -0.4 is 5.32 Å². The van der Waals surface area contributed by atoms with Crippen LogP contribution >= 0.6 is 0 Å². The predicted octanol–water partition coefficient (Wildman–Crippen LogP) is 3.05. The summed E-state index contributed by atoms with van der Waals surface area (Å²) in [5, 5.41) is 12.3. The first-order chi connectivity index (χ1) is 10.3. The van der Waals surface area contributed by atoms with E-state index in [1.165, 1.54) is 25.7 Å². The number of carbonyl (C=O) groups is 1. The van der Waals surface area contributed by atoms with Gasteiger partial charge < -0.3 is 10.4 Å². The molecule has 114 valence electrons. The molecule has 2 aliphatic rings. The molecular formula is C18H25NO2. The number of hydrogen-bond acceptors (Lipinski definition) is 2. The first-order valence-corrected chi connectivity index (χ1v) is 8.27. The van der Waals surface area contributed by atoms with Gasteiger partial charge in [0.05, 0.1) is 6.04 Å². The first kappa shape index (κ1) is 14.6. The number of amides is 1. The monoisotopic (exact) mass is 287 g/mol. The second-order valence-corrected chi connectivity index (χ2v) is 6.48. The summed E-state index contributed by atoms with van der Waals surface area (Å²) in [6.07, 6.45) is 6.56. The standard InChI is InChI=1S/C18H25NO2/c20-12-6-11-16(13-7-2-1-3-8-13)19-18(21)17-14-9-4-5-10-15(14)17/h1-3,7-8,14-17,20H,4-6,9-12H2,(H,19,21). The van der Waals surface area contributed by atoms with Gasteiger partial charge in [0.15, 0.2) is 0 Å². The van der Waals surface area contributed by atoms with Crippen LogP contribution in [0, 0.1) is 17.8 Å². The number of benzene rings is 1.